The topological polar surface area (TPSA) is 78.7 Å². The van der Waals surface area contributed by atoms with E-state index in [0.29, 0.717) is 12.2 Å². The zero-order chi connectivity index (χ0) is 14.1. The molecule has 1 saturated heterocycles. The van der Waals surface area contributed by atoms with Gasteiger partial charge in [-0.25, -0.2) is 0 Å². The van der Waals surface area contributed by atoms with Gasteiger partial charge in [-0.1, -0.05) is 12.1 Å². The molecule has 0 amide bonds. The Bertz CT molecular complexity index is 595. The van der Waals surface area contributed by atoms with Gasteiger partial charge in [-0.3, -0.25) is 14.9 Å². The maximum atomic E-state index is 12.1. The Kier molecular flexibility index (Phi) is 3.23. The van der Waals surface area contributed by atoms with E-state index in [-0.39, 0.29) is 23.1 Å². The second-order valence-electron chi connectivity index (χ2n) is 4.79. The summed E-state index contributed by atoms with van der Waals surface area (Å²) < 4.78 is 11.1. The molecule has 0 bridgehead atoms. The van der Waals surface area contributed by atoms with E-state index in [9.17, 15) is 14.9 Å². The minimum atomic E-state index is -0.629. The van der Waals surface area contributed by atoms with Crippen molar-refractivity contribution >= 4 is 17.2 Å². The summed E-state index contributed by atoms with van der Waals surface area (Å²) in [4.78, 5) is 22.6. The predicted molar refractivity (Wildman–Crippen MR) is 69.6 cm³/mol. The van der Waals surface area contributed by atoms with Crippen molar-refractivity contribution in [1.82, 2.24) is 0 Å². The number of carbonyl (C=O) groups excluding carboxylic acids is 1. The van der Waals surface area contributed by atoms with E-state index in [4.69, 9.17) is 9.47 Å². The van der Waals surface area contributed by atoms with Gasteiger partial charge in [0.05, 0.1) is 23.0 Å². The van der Waals surface area contributed by atoms with Crippen LogP contribution < -0.4 is 0 Å². The van der Waals surface area contributed by atoms with Gasteiger partial charge >= 0.3 is 0 Å². The third-order valence-electron chi connectivity index (χ3n) is 3.52. The van der Waals surface area contributed by atoms with Crippen LogP contribution in [0.4, 0.5) is 5.69 Å². The molecule has 6 nitrogen and oxygen atoms in total. The summed E-state index contributed by atoms with van der Waals surface area (Å²) in [6, 6.07) is 6.20. The predicted octanol–water partition coefficient (Wildman–Crippen LogP) is 2.29. The highest BCUT2D eigenvalue weighted by atomic mass is 16.7. The molecule has 0 N–H and O–H groups in total. The normalized spacial score (nSPS) is 25.4. The molecule has 0 aliphatic carbocycles. The molecule has 2 heterocycles. The molecule has 2 atom stereocenters. The number of nitro benzene ring substituents is 1. The fraction of sp³-hybridized carbons (Fsp3) is 0.357. The standard InChI is InChI=1S/C14H13NO5/c16-12-8-13(20-14-10(12)5-3-7-19-14)9-4-1-2-6-11(9)15(17)18/h1-2,4,6,8,10,14H,3,5,7H2/t10-,14+/m0/s1. The van der Waals surface area contributed by atoms with Crippen LogP contribution in [0.2, 0.25) is 0 Å². The Morgan fingerprint density at radius 1 is 1.30 bits per heavy atom. The summed E-state index contributed by atoms with van der Waals surface area (Å²) in [5.74, 6) is -0.171. The first kappa shape index (κ1) is 12.8. The zero-order valence-corrected chi connectivity index (χ0v) is 10.7. The minimum Gasteiger partial charge on any atom is -0.463 e. The average Bonchev–Trinajstić information content (AvgIpc) is 2.47. The van der Waals surface area contributed by atoms with E-state index in [2.05, 4.69) is 0 Å². The van der Waals surface area contributed by atoms with Crippen molar-refractivity contribution in [2.24, 2.45) is 5.92 Å². The van der Waals surface area contributed by atoms with Crippen LogP contribution in [0.25, 0.3) is 5.76 Å². The van der Waals surface area contributed by atoms with Gasteiger partial charge in [0.25, 0.3) is 5.69 Å². The highest BCUT2D eigenvalue weighted by molar-refractivity contribution is 5.99. The van der Waals surface area contributed by atoms with Gasteiger partial charge in [0, 0.05) is 12.1 Å². The Morgan fingerprint density at radius 3 is 2.90 bits per heavy atom. The van der Waals surface area contributed by atoms with E-state index in [1.54, 1.807) is 18.2 Å². The first-order valence-corrected chi connectivity index (χ1v) is 6.44. The van der Waals surface area contributed by atoms with Crippen LogP contribution in [0.1, 0.15) is 18.4 Å². The van der Waals surface area contributed by atoms with Crippen molar-refractivity contribution in [1.29, 1.82) is 0 Å². The Labute approximate surface area is 115 Å². The summed E-state index contributed by atoms with van der Waals surface area (Å²) in [6.07, 6.45) is 2.27. The maximum absolute atomic E-state index is 12.1. The van der Waals surface area contributed by atoms with Crippen molar-refractivity contribution in [3.63, 3.8) is 0 Å². The SMILES string of the molecule is O=C1C=C(c2ccccc2[N+](=O)[O-])O[C@H]2OCCC[C@@H]12. The number of hydrogen-bond donors (Lipinski definition) is 0. The van der Waals surface area contributed by atoms with Crippen molar-refractivity contribution < 1.29 is 19.2 Å². The van der Waals surface area contributed by atoms with Crippen LogP contribution in [-0.4, -0.2) is 23.6 Å². The zero-order valence-electron chi connectivity index (χ0n) is 10.7. The molecule has 0 saturated carbocycles. The van der Waals surface area contributed by atoms with Crippen LogP contribution in [0.3, 0.4) is 0 Å². The number of fused-ring (bicyclic) bond motifs is 1. The molecule has 0 spiro atoms. The first-order chi connectivity index (χ1) is 9.66. The summed E-state index contributed by atoms with van der Waals surface area (Å²) in [6.45, 7) is 0.540. The molecule has 3 rings (SSSR count). The summed E-state index contributed by atoms with van der Waals surface area (Å²) in [5.41, 5.74) is 0.222. The quantitative estimate of drug-likeness (QED) is 0.611. The molecule has 20 heavy (non-hydrogen) atoms. The smallest absolute Gasteiger partial charge is 0.280 e. The number of ketones is 1. The number of carbonyl (C=O) groups is 1. The molecular weight excluding hydrogens is 262 g/mol. The second-order valence-corrected chi connectivity index (χ2v) is 4.79. The van der Waals surface area contributed by atoms with Gasteiger partial charge in [-0.05, 0) is 18.9 Å². The van der Waals surface area contributed by atoms with Crippen LogP contribution in [0.5, 0.6) is 0 Å². The van der Waals surface area contributed by atoms with Gasteiger partial charge in [0.1, 0.15) is 5.76 Å². The fourth-order valence-corrected chi connectivity index (χ4v) is 2.53. The van der Waals surface area contributed by atoms with Crippen LogP contribution in [0, 0.1) is 16.0 Å². The number of ether oxygens (including phenoxy) is 2. The summed E-state index contributed by atoms with van der Waals surface area (Å²) in [5, 5.41) is 11.0. The molecule has 1 aromatic rings. The number of para-hydroxylation sites is 1. The second kappa shape index (κ2) is 5.05. The maximum Gasteiger partial charge on any atom is 0.280 e. The van der Waals surface area contributed by atoms with Gasteiger partial charge in [0.2, 0.25) is 6.29 Å². The molecule has 104 valence electrons. The number of nitrogens with zero attached hydrogens (tertiary/aromatic N) is 1. The molecule has 1 aromatic carbocycles. The lowest BCUT2D eigenvalue weighted by molar-refractivity contribution is -0.385. The Balaban J connectivity index is 1.99. The summed E-state index contributed by atoms with van der Waals surface area (Å²) in [7, 11) is 0. The van der Waals surface area contributed by atoms with Crippen molar-refractivity contribution in [2.45, 2.75) is 19.1 Å². The highest BCUT2D eigenvalue weighted by Crippen LogP contribution is 2.35. The molecule has 6 heteroatoms. The molecular formula is C14H13NO5. The Morgan fingerprint density at radius 2 is 2.10 bits per heavy atom. The van der Waals surface area contributed by atoms with E-state index < -0.39 is 11.2 Å². The first-order valence-electron chi connectivity index (χ1n) is 6.44. The van der Waals surface area contributed by atoms with Gasteiger partial charge in [-0.2, -0.15) is 0 Å². The molecule has 0 radical (unpaired) electrons. The van der Waals surface area contributed by atoms with E-state index in [1.165, 1.54) is 12.1 Å². The lowest BCUT2D eigenvalue weighted by atomic mass is 9.92. The average molecular weight is 275 g/mol. The van der Waals surface area contributed by atoms with Crippen LogP contribution in [-0.2, 0) is 14.3 Å². The number of nitro groups is 1. The van der Waals surface area contributed by atoms with Gasteiger partial charge in [-0.15, -0.1) is 0 Å². The van der Waals surface area contributed by atoms with Crippen LogP contribution >= 0.6 is 0 Å². The number of rotatable bonds is 2. The fourth-order valence-electron chi connectivity index (χ4n) is 2.53. The Hall–Kier alpha value is -2.21. The number of allylic oxidation sites excluding steroid dienone is 1. The minimum absolute atomic E-state index is 0.0826. The van der Waals surface area contributed by atoms with Gasteiger partial charge < -0.3 is 9.47 Å². The lowest BCUT2D eigenvalue weighted by Gasteiger charge is -2.34. The highest BCUT2D eigenvalue weighted by Gasteiger charge is 2.38. The molecule has 0 unspecified atom stereocenters. The number of benzene rings is 1. The molecule has 2 aliphatic rings. The lowest BCUT2D eigenvalue weighted by Crippen LogP contribution is -2.39. The monoisotopic (exact) mass is 275 g/mol. The molecule has 0 aromatic heterocycles. The van der Waals surface area contributed by atoms with E-state index >= 15 is 0 Å². The van der Waals surface area contributed by atoms with E-state index in [0.717, 1.165) is 12.8 Å². The van der Waals surface area contributed by atoms with Crippen molar-refractivity contribution in [3.05, 3.63) is 46.0 Å². The van der Waals surface area contributed by atoms with Crippen molar-refractivity contribution in [3.8, 4) is 0 Å². The van der Waals surface area contributed by atoms with Crippen molar-refractivity contribution in [2.75, 3.05) is 6.61 Å². The largest absolute Gasteiger partial charge is 0.463 e. The molecule has 1 fully saturated rings. The van der Waals surface area contributed by atoms with Gasteiger partial charge in [0.15, 0.2) is 5.78 Å². The third kappa shape index (κ3) is 2.18. The molecule has 2 aliphatic heterocycles. The third-order valence-corrected chi connectivity index (χ3v) is 3.52. The van der Waals surface area contributed by atoms with Crippen LogP contribution in [0.15, 0.2) is 30.3 Å². The van der Waals surface area contributed by atoms with E-state index in [1.807, 2.05) is 0 Å². The summed E-state index contributed by atoms with van der Waals surface area (Å²) >= 11 is 0. The number of hydrogen-bond acceptors (Lipinski definition) is 5.